The van der Waals surface area contributed by atoms with Gasteiger partial charge in [-0.25, -0.2) is 9.97 Å². The van der Waals surface area contributed by atoms with Crippen LogP contribution in [0.4, 0.5) is 0 Å². The summed E-state index contributed by atoms with van der Waals surface area (Å²) in [7, 11) is 0. The van der Waals surface area contributed by atoms with Crippen molar-refractivity contribution in [2.75, 3.05) is 0 Å². The van der Waals surface area contributed by atoms with Crippen LogP contribution in [0.5, 0.6) is 0 Å². The molecule has 11 heavy (non-hydrogen) atoms. The fraction of sp³-hybridized carbons (Fsp3) is 0.333. The maximum atomic E-state index is 5.74. The molecule has 1 rings (SSSR count). The molecule has 0 aliphatic carbocycles. The van der Waals surface area contributed by atoms with Crippen molar-refractivity contribution < 1.29 is 0 Å². The zero-order valence-electron chi connectivity index (χ0n) is 5.68. The van der Waals surface area contributed by atoms with Gasteiger partial charge in [-0.3, -0.25) is 0 Å². The largest absolute Gasteiger partial charge is 0.239 e. The van der Waals surface area contributed by atoms with Gasteiger partial charge >= 0.3 is 0 Å². The maximum Gasteiger partial charge on any atom is 0.147 e. The molecule has 0 aromatic carbocycles. The summed E-state index contributed by atoms with van der Waals surface area (Å²) in [5, 5.41) is 0.271. The van der Waals surface area contributed by atoms with Gasteiger partial charge in [-0.1, -0.05) is 11.6 Å². The first-order valence-corrected chi connectivity index (χ1v) is 4.82. The van der Waals surface area contributed by atoms with Gasteiger partial charge in [-0.2, -0.15) is 0 Å². The van der Waals surface area contributed by atoms with Gasteiger partial charge in [0.25, 0.3) is 0 Å². The summed E-state index contributed by atoms with van der Waals surface area (Å²) in [4.78, 5) is 7.99. The highest BCUT2D eigenvalue weighted by atomic mass is 127. The Hall–Kier alpha value is 0.390. The highest BCUT2D eigenvalue weighted by Gasteiger charge is 2.06. The van der Waals surface area contributed by atoms with E-state index < -0.39 is 0 Å². The quantitative estimate of drug-likeness (QED) is 0.453. The Bertz CT molecular complexity index is 265. The van der Waals surface area contributed by atoms with E-state index in [1.54, 1.807) is 13.1 Å². The number of hydrogen-bond acceptors (Lipinski definition) is 2. The van der Waals surface area contributed by atoms with Gasteiger partial charge in [0, 0.05) is 6.20 Å². The van der Waals surface area contributed by atoms with E-state index in [-0.39, 0.29) is 5.38 Å². The number of rotatable bonds is 1. The molecule has 0 bridgehead atoms. The van der Waals surface area contributed by atoms with Crippen molar-refractivity contribution in [3.05, 3.63) is 20.7 Å². The molecule has 0 radical (unpaired) electrons. The average Bonchev–Trinajstić information content (AvgIpc) is 1.94. The lowest BCUT2D eigenvalue weighted by Crippen LogP contribution is -1.96. The summed E-state index contributed by atoms with van der Waals surface area (Å²) in [6.07, 6.45) is 1.66. The molecule has 0 aliphatic rings. The van der Waals surface area contributed by atoms with Crippen LogP contribution < -0.4 is 0 Å². The SMILES string of the molecule is CC(Cl)c1ncc(I)c(Cl)n1. The van der Waals surface area contributed by atoms with Crippen LogP contribution in [-0.4, -0.2) is 9.97 Å². The lowest BCUT2D eigenvalue weighted by molar-refractivity contribution is 0.905. The van der Waals surface area contributed by atoms with Gasteiger partial charge in [0.15, 0.2) is 0 Å². The van der Waals surface area contributed by atoms with Crippen molar-refractivity contribution in [2.45, 2.75) is 12.3 Å². The van der Waals surface area contributed by atoms with E-state index in [1.165, 1.54) is 0 Å². The smallest absolute Gasteiger partial charge is 0.147 e. The molecule has 5 heteroatoms. The molecule has 1 aromatic heterocycles. The fourth-order valence-corrected chi connectivity index (χ4v) is 1.05. The van der Waals surface area contributed by atoms with Crippen LogP contribution in [-0.2, 0) is 0 Å². The first-order valence-electron chi connectivity index (χ1n) is 2.93. The molecular weight excluding hydrogens is 298 g/mol. The minimum Gasteiger partial charge on any atom is -0.239 e. The Labute approximate surface area is 88.5 Å². The van der Waals surface area contributed by atoms with E-state index in [9.17, 15) is 0 Å². The Morgan fingerprint density at radius 1 is 1.64 bits per heavy atom. The van der Waals surface area contributed by atoms with Gasteiger partial charge in [0.2, 0.25) is 0 Å². The van der Waals surface area contributed by atoms with E-state index in [0.29, 0.717) is 11.0 Å². The van der Waals surface area contributed by atoms with E-state index in [2.05, 4.69) is 32.6 Å². The molecule has 0 N–H and O–H groups in total. The summed E-state index contributed by atoms with van der Waals surface area (Å²) in [6, 6.07) is 0. The average molecular weight is 303 g/mol. The third-order valence-corrected chi connectivity index (χ3v) is 2.67. The second-order valence-electron chi connectivity index (χ2n) is 1.98. The topological polar surface area (TPSA) is 25.8 Å². The molecular formula is C6H5Cl2IN2. The molecule has 60 valence electrons. The van der Waals surface area contributed by atoms with Crippen LogP contribution in [0.3, 0.4) is 0 Å². The molecule has 0 aliphatic heterocycles. The summed E-state index contributed by atoms with van der Waals surface area (Å²) < 4.78 is 0.838. The van der Waals surface area contributed by atoms with Gasteiger partial charge < -0.3 is 0 Å². The minimum absolute atomic E-state index is 0.190. The fourth-order valence-electron chi connectivity index (χ4n) is 0.551. The second-order valence-corrected chi connectivity index (χ2v) is 4.16. The van der Waals surface area contributed by atoms with Crippen molar-refractivity contribution in [2.24, 2.45) is 0 Å². The lowest BCUT2D eigenvalue weighted by Gasteiger charge is -2.01. The number of nitrogens with zero attached hydrogens (tertiary/aromatic N) is 2. The molecule has 0 fully saturated rings. The summed E-state index contributed by atoms with van der Waals surface area (Å²) >= 11 is 13.5. The molecule has 1 aromatic rings. The van der Waals surface area contributed by atoms with Crippen LogP contribution >= 0.6 is 45.8 Å². The molecule has 1 heterocycles. The molecule has 1 atom stereocenters. The Balaban J connectivity index is 3.05. The van der Waals surface area contributed by atoms with Crippen LogP contribution in [0.25, 0.3) is 0 Å². The molecule has 2 nitrogen and oxygen atoms in total. The summed E-state index contributed by atoms with van der Waals surface area (Å²) in [5.74, 6) is 0.567. The van der Waals surface area contributed by atoms with Gasteiger partial charge in [0.1, 0.15) is 11.0 Å². The third kappa shape index (κ3) is 2.42. The second kappa shape index (κ2) is 3.87. The zero-order valence-corrected chi connectivity index (χ0v) is 9.35. The predicted molar refractivity (Wildman–Crippen MR) is 54.0 cm³/mol. The van der Waals surface area contributed by atoms with Crippen molar-refractivity contribution in [1.82, 2.24) is 9.97 Å². The Kier molecular flexibility index (Phi) is 3.33. The summed E-state index contributed by atoms with van der Waals surface area (Å²) in [5.41, 5.74) is 0. The Morgan fingerprint density at radius 2 is 2.27 bits per heavy atom. The number of aromatic nitrogens is 2. The van der Waals surface area contributed by atoms with E-state index in [4.69, 9.17) is 23.2 Å². The van der Waals surface area contributed by atoms with Crippen LogP contribution in [0.1, 0.15) is 18.1 Å². The van der Waals surface area contributed by atoms with Crippen LogP contribution in [0.2, 0.25) is 5.15 Å². The Morgan fingerprint density at radius 3 is 2.73 bits per heavy atom. The number of hydrogen-bond donors (Lipinski definition) is 0. The molecule has 1 unspecified atom stereocenters. The first-order chi connectivity index (χ1) is 5.11. The molecule has 0 saturated heterocycles. The van der Waals surface area contributed by atoms with E-state index in [0.717, 1.165) is 3.57 Å². The third-order valence-electron chi connectivity index (χ3n) is 1.08. The normalized spacial score (nSPS) is 13.1. The van der Waals surface area contributed by atoms with Gasteiger partial charge in [0.05, 0.1) is 8.95 Å². The molecule has 0 spiro atoms. The monoisotopic (exact) mass is 302 g/mol. The van der Waals surface area contributed by atoms with E-state index in [1.807, 2.05) is 0 Å². The van der Waals surface area contributed by atoms with E-state index >= 15 is 0 Å². The highest BCUT2D eigenvalue weighted by Crippen LogP contribution is 2.19. The van der Waals surface area contributed by atoms with Crippen LogP contribution in [0.15, 0.2) is 6.20 Å². The maximum absolute atomic E-state index is 5.74. The predicted octanol–water partition coefficient (Wildman–Crippen LogP) is 3.03. The zero-order chi connectivity index (χ0) is 8.43. The van der Waals surface area contributed by atoms with Gasteiger partial charge in [-0.15, -0.1) is 11.6 Å². The lowest BCUT2D eigenvalue weighted by atomic mass is 10.4. The van der Waals surface area contributed by atoms with Crippen molar-refractivity contribution >= 4 is 45.8 Å². The molecule has 0 amide bonds. The number of halogens is 3. The number of alkyl halides is 1. The van der Waals surface area contributed by atoms with Crippen molar-refractivity contribution in [3.8, 4) is 0 Å². The standard InChI is InChI=1S/C6H5Cl2IN2/c1-3(7)6-10-2-4(9)5(8)11-6/h2-3H,1H3. The van der Waals surface area contributed by atoms with Crippen molar-refractivity contribution in [1.29, 1.82) is 0 Å². The summed E-state index contributed by atoms with van der Waals surface area (Å²) in [6.45, 7) is 1.81. The minimum atomic E-state index is -0.190. The first kappa shape index (κ1) is 9.48. The highest BCUT2D eigenvalue weighted by molar-refractivity contribution is 14.1. The van der Waals surface area contributed by atoms with Crippen LogP contribution in [0, 0.1) is 3.57 Å². The van der Waals surface area contributed by atoms with Gasteiger partial charge in [-0.05, 0) is 29.5 Å². The van der Waals surface area contributed by atoms with Crippen molar-refractivity contribution in [3.63, 3.8) is 0 Å². The molecule has 0 saturated carbocycles.